The van der Waals surface area contributed by atoms with Gasteiger partial charge in [0.2, 0.25) is 0 Å². The molecule has 2 aromatic rings. The second-order valence-corrected chi connectivity index (χ2v) is 7.57. The standard InChI is InChI=1S/C20H26N4O2/c1-15-13-23(14-21-15)17-7-8-18-19(25)22(11-12-24(18)20(17)26)10-9-16-5-3-2-4-6-16/h7-8,13-14,16H,2-6,9-12H2,1H3. The normalized spacial score (nSPS) is 18.2. The van der Waals surface area contributed by atoms with Crippen LogP contribution in [-0.2, 0) is 6.54 Å². The summed E-state index contributed by atoms with van der Waals surface area (Å²) in [5.41, 5.74) is 1.78. The van der Waals surface area contributed by atoms with Gasteiger partial charge in [-0.2, -0.15) is 0 Å². The number of aromatic nitrogens is 3. The number of carbonyl (C=O) groups is 1. The highest BCUT2D eigenvalue weighted by molar-refractivity contribution is 5.93. The summed E-state index contributed by atoms with van der Waals surface area (Å²) in [5, 5.41) is 0. The minimum absolute atomic E-state index is 0.0162. The molecular weight excluding hydrogens is 328 g/mol. The molecule has 0 saturated heterocycles. The van der Waals surface area contributed by atoms with Crippen LogP contribution >= 0.6 is 0 Å². The lowest BCUT2D eigenvalue weighted by Crippen LogP contribution is -2.45. The van der Waals surface area contributed by atoms with Gasteiger partial charge in [-0.25, -0.2) is 4.98 Å². The van der Waals surface area contributed by atoms with Crippen molar-refractivity contribution in [3.63, 3.8) is 0 Å². The number of hydrogen-bond acceptors (Lipinski definition) is 3. The Balaban J connectivity index is 1.51. The molecule has 3 heterocycles. The van der Waals surface area contributed by atoms with E-state index < -0.39 is 0 Å². The molecular formula is C20H26N4O2. The SMILES string of the molecule is Cc1cn(-c2ccc3n(c2=O)CCN(CCC2CCCCC2)C3=O)cn1. The highest BCUT2D eigenvalue weighted by atomic mass is 16.2. The van der Waals surface area contributed by atoms with E-state index >= 15 is 0 Å². The van der Waals surface area contributed by atoms with Crippen LogP contribution in [0.5, 0.6) is 0 Å². The van der Waals surface area contributed by atoms with Crippen LogP contribution in [0, 0.1) is 12.8 Å². The second-order valence-electron chi connectivity index (χ2n) is 7.57. The first-order chi connectivity index (χ1) is 12.6. The number of fused-ring (bicyclic) bond motifs is 1. The lowest BCUT2D eigenvalue weighted by molar-refractivity contribution is 0.0686. The fourth-order valence-corrected chi connectivity index (χ4v) is 4.24. The van der Waals surface area contributed by atoms with Gasteiger partial charge in [0.05, 0.1) is 12.0 Å². The molecule has 6 heteroatoms. The van der Waals surface area contributed by atoms with E-state index in [9.17, 15) is 9.59 Å². The van der Waals surface area contributed by atoms with Crippen LogP contribution in [0.2, 0.25) is 0 Å². The smallest absolute Gasteiger partial charge is 0.275 e. The molecule has 6 nitrogen and oxygen atoms in total. The zero-order chi connectivity index (χ0) is 18.1. The molecule has 1 amide bonds. The van der Waals surface area contributed by atoms with Gasteiger partial charge in [-0.05, 0) is 31.4 Å². The number of pyridine rings is 1. The van der Waals surface area contributed by atoms with Crippen LogP contribution in [0.3, 0.4) is 0 Å². The lowest BCUT2D eigenvalue weighted by Gasteiger charge is -2.31. The number of amides is 1. The minimum atomic E-state index is -0.125. The molecule has 1 aliphatic carbocycles. The molecule has 26 heavy (non-hydrogen) atoms. The number of nitrogens with zero attached hydrogens (tertiary/aromatic N) is 4. The monoisotopic (exact) mass is 354 g/mol. The summed E-state index contributed by atoms with van der Waals surface area (Å²) in [5.74, 6) is 0.741. The summed E-state index contributed by atoms with van der Waals surface area (Å²) in [6.45, 7) is 3.87. The maximum atomic E-state index is 12.8. The van der Waals surface area contributed by atoms with E-state index in [2.05, 4.69) is 4.98 Å². The topological polar surface area (TPSA) is 60.1 Å². The molecule has 0 aromatic carbocycles. The van der Waals surface area contributed by atoms with Crippen molar-refractivity contribution >= 4 is 5.91 Å². The zero-order valence-electron chi connectivity index (χ0n) is 15.4. The molecule has 1 saturated carbocycles. The van der Waals surface area contributed by atoms with Gasteiger partial charge in [0, 0.05) is 25.8 Å². The number of hydrogen-bond donors (Lipinski definition) is 0. The Bertz CT molecular complexity index is 861. The first-order valence-electron chi connectivity index (χ1n) is 9.67. The summed E-state index contributed by atoms with van der Waals surface area (Å²) in [4.78, 5) is 31.8. The molecule has 0 bridgehead atoms. The molecule has 0 unspecified atom stereocenters. The summed E-state index contributed by atoms with van der Waals surface area (Å²) in [7, 11) is 0. The third-order valence-corrected chi connectivity index (χ3v) is 5.78. The molecule has 0 atom stereocenters. The van der Waals surface area contributed by atoms with E-state index in [0.717, 1.165) is 24.6 Å². The van der Waals surface area contributed by atoms with E-state index in [-0.39, 0.29) is 11.5 Å². The summed E-state index contributed by atoms with van der Waals surface area (Å²) < 4.78 is 3.34. The third kappa shape index (κ3) is 3.20. The molecule has 1 fully saturated rings. The molecule has 138 valence electrons. The summed E-state index contributed by atoms with van der Waals surface area (Å²) >= 11 is 0. The van der Waals surface area contributed by atoms with Gasteiger partial charge < -0.3 is 14.0 Å². The first-order valence-corrected chi connectivity index (χ1v) is 9.67. The third-order valence-electron chi connectivity index (χ3n) is 5.78. The average molecular weight is 354 g/mol. The average Bonchev–Trinajstić information content (AvgIpc) is 3.09. The minimum Gasteiger partial charge on any atom is -0.336 e. The number of imidazole rings is 1. The number of rotatable bonds is 4. The van der Waals surface area contributed by atoms with E-state index in [0.29, 0.717) is 24.5 Å². The van der Waals surface area contributed by atoms with Crippen LogP contribution in [0.25, 0.3) is 5.69 Å². The highest BCUT2D eigenvalue weighted by Gasteiger charge is 2.26. The van der Waals surface area contributed by atoms with Gasteiger partial charge in [0.15, 0.2) is 0 Å². The van der Waals surface area contributed by atoms with E-state index in [1.54, 1.807) is 27.6 Å². The van der Waals surface area contributed by atoms with E-state index in [1.165, 1.54) is 32.1 Å². The zero-order valence-corrected chi connectivity index (χ0v) is 15.4. The molecule has 0 radical (unpaired) electrons. The molecule has 4 rings (SSSR count). The van der Waals surface area contributed by atoms with Crippen LogP contribution in [0.15, 0.2) is 29.5 Å². The van der Waals surface area contributed by atoms with Crippen molar-refractivity contribution in [1.82, 2.24) is 19.0 Å². The van der Waals surface area contributed by atoms with Gasteiger partial charge in [0.25, 0.3) is 11.5 Å². The van der Waals surface area contributed by atoms with Crippen molar-refractivity contribution in [2.45, 2.75) is 52.0 Å². The molecule has 0 N–H and O–H groups in total. The van der Waals surface area contributed by atoms with Crippen molar-refractivity contribution in [1.29, 1.82) is 0 Å². The fraction of sp³-hybridized carbons (Fsp3) is 0.550. The van der Waals surface area contributed by atoms with Gasteiger partial charge in [-0.15, -0.1) is 0 Å². The predicted octanol–water partition coefficient (Wildman–Crippen LogP) is 2.77. The van der Waals surface area contributed by atoms with Crippen molar-refractivity contribution in [3.8, 4) is 5.69 Å². The number of aryl methyl sites for hydroxylation is 1. The van der Waals surface area contributed by atoms with Gasteiger partial charge in [-0.3, -0.25) is 9.59 Å². The highest BCUT2D eigenvalue weighted by Crippen LogP contribution is 2.27. The summed E-state index contributed by atoms with van der Waals surface area (Å²) in [6.07, 6.45) is 11.2. The van der Waals surface area contributed by atoms with Gasteiger partial charge >= 0.3 is 0 Å². The second kappa shape index (κ2) is 7.09. The van der Waals surface area contributed by atoms with Crippen LogP contribution < -0.4 is 5.56 Å². The first kappa shape index (κ1) is 17.1. The van der Waals surface area contributed by atoms with Crippen molar-refractivity contribution in [3.05, 3.63) is 46.4 Å². The van der Waals surface area contributed by atoms with E-state index in [4.69, 9.17) is 0 Å². The fourth-order valence-electron chi connectivity index (χ4n) is 4.24. The van der Waals surface area contributed by atoms with Crippen LogP contribution in [0.1, 0.15) is 54.7 Å². The Labute approximate surface area is 153 Å². The lowest BCUT2D eigenvalue weighted by atomic mass is 9.87. The largest absolute Gasteiger partial charge is 0.336 e. The Morgan fingerprint density at radius 1 is 1.12 bits per heavy atom. The van der Waals surface area contributed by atoms with Crippen molar-refractivity contribution in [2.24, 2.45) is 5.92 Å². The Morgan fingerprint density at radius 2 is 1.92 bits per heavy atom. The van der Waals surface area contributed by atoms with E-state index in [1.807, 2.05) is 18.0 Å². The van der Waals surface area contributed by atoms with Gasteiger partial charge in [-0.1, -0.05) is 32.1 Å². The molecule has 2 aromatic heterocycles. The van der Waals surface area contributed by atoms with Gasteiger partial charge in [0.1, 0.15) is 11.4 Å². The van der Waals surface area contributed by atoms with Crippen LogP contribution in [-0.4, -0.2) is 38.0 Å². The predicted molar refractivity (Wildman–Crippen MR) is 99.7 cm³/mol. The Morgan fingerprint density at radius 3 is 2.65 bits per heavy atom. The Hall–Kier alpha value is -2.37. The molecule has 0 spiro atoms. The Kier molecular flexibility index (Phi) is 4.66. The molecule has 2 aliphatic rings. The maximum Gasteiger partial charge on any atom is 0.275 e. The quantitative estimate of drug-likeness (QED) is 0.848. The van der Waals surface area contributed by atoms with Crippen molar-refractivity contribution < 1.29 is 4.79 Å². The maximum absolute atomic E-state index is 12.8. The summed E-state index contributed by atoms with van der Waals surface area (Å²) in [6, 6.07) is 3.51. The van der Waals surface area contributed by atoms with Crippen LogP contribution in [0.4, 0.5) is 0 Å². The van der Waals surface area contributed by atoms with Crippen molar-refractivity contribution in [2.75, 3.05) is 13.1 Å². The number of carbonyl (C=O) groups excluding carboxylic acids is 1. The molecule has 1 aliphatic heterocycles.